The van der Waals surface area contributed by atoms with Gasteiger partial charge in [-0.2, -0.15) is 0 Å². The molecule has 94 valence electrons. The average molecular weight is 244 g/mol. The molecule has 1 fully saturated rings. The Bertz CT molecular complexity index is 399. The molecule has 1 heterocycles. The van der Waals surface area contributed by atoms with Crippen molar-refractivity contribution >= 4 is 0 Å². The molecule has 1 saturated heterocycles. The fourth-order valence-corrected chi connectivity index (χ4v) is 2.44. The molecule has 1 aliphatic heterocycles. The number of halogens is 3. The Morgan fingerprint density at radius 3 is 2.41 bits per heavy atom. The van der Waals surface area contributed by atoms with E-state index in [2.05, 4.69) is 0 Å². The van der Waals surface area contributed by atoms with E-state index in [9.17, 15) is 13.2 Å². The Labute approximate surface area is 98.2 Å². The summed E-state index contributed by atoms with van der Waals surface area (Å²) in [7, 11) is 0. The van der Waals surface area contributed by atoms with Crippen LogP contribution in [0, 0.1) is 17.5 Å². The van der Waals surface area contributed by atoms with Gasteiger partial charge in [0.05, 0.1) is 6.04 Å². The molecule has 0 amide bonds. The molecule has 5 heteroatoms. The lowest BCUT2D eigenvalue weighted by Gasteiger charge is -2.26. The van der Waals surface area contributed by atoms with Crippen LogP contribution < -0.4 is 5.73 Å². The Morgan fingerprint density at radius 2 is 1.88 bits per heavy atom. The van der Waals surface area contributed by atoms with Crippen LogP contribution in [0.25, 0.3) is 0 Å². The van der Waals surface area contributed by atoms with E-state index in [0.29, 0.717) is 5.56 Å². The summed E-state index contributed by atoms with van der Waals surface area (Å²) in [4.78, 5) is 2.04. The van der Waals surface area contributed by atoms with E-state index < -0.39 is 17.5 Å². The lowest BCUT2D eigenvalue weighted by Crippen LogP contribution is -2.32. The Hall–Kier alpha value is -1.07. The van der Waals surface area contributed by atoms with Crippen molar-refractivity contribution in [2.24, 2.45) is 5.73 Å². The molecule has 0 aromatic heterocycles. The predicted octanol–water partition coefficient (Wildman–Crippen LogP) is 2.20. The van der Waals surface area contributed by atoms with Crippen molar-refractivity contribution in [3.8, 4) is 0 Å². The van der Waals surface area contributed by atoms with Crippen molar-refractivity contribution < 1.29 is 13.2 Å². The highest BCUT2D eigenvalue weighted by Gasteiger charge is 2.32. The van der Waals surface area contributed by atoms with Crippen LogP contribution in [0.1, 0.15) is 24.9 Å². The van der Waals surface area contributed by atoms with Gasteiger partial charge in [-0.15, -0.1) is 0 Å². The fraction of sp³-hybridized carbons (Fsp3) is 0.500. The fourth-order valence-electron chi connectivity index (χ4n) is 2.44. The number of nitrogens with zero attached hydrogens (tertiary/aromatic N) is 1. The average Bonchev–Trinajstić information content (AvgIpc) is 2.66. The SMILES string of the molecule is CCN1CC[C@@H](N)[C@H]1c1cc(F)c(F)c(F)c1. The number of nitrogens with two attached hydrogens (primary N) is 1. The van der Waals surface area contributed by atoms with Gasteiger partial charge in [-0.05, 0) is 30.7 Å². The standard InChI is InChI=1S/C12H15F3N2/c1-2-17-4-3-10(16)12(17)7-5-8(13)11(15)9(14)6-7/h5-6,10,12H,2-4,16H2,1H3/t10-,12-/m1/s1. The van der Waals surface area contributed by atoms with Crippen LogP contribution in [0.5, 0.6) is 0 Å². The molecule has 0 saturated carbocycles. The number of likely N-dealkylation sites (tertiary alicyclic amines) is 1. The third kappa shape index (κ3) is 2.17. The molecule has 2 atom stereocenters. The first-order valence-electron chi connectivity index (χ1n) is 5.68. The first-order valence-corrected chi connectivity index (χ1v) is 5.68. The molecule has 2 nitrogen and oxygen atoms in total. The zero-order valence-electron chi connectivity index (χ0n) is 9.59. The molecule has 1 aromatic carbocycles. The van der Waals surface area contributed by atoms with E-state index in [-0.39, 0.29) is 12.1 Å². The number of hydrogen-bond acceptors (Lipinski definition) is 2. The van der Waals surface area contributed by atoms with Crippen LogP contribution >= 0.6 is 0 Å². The minimum Gasteiger partial charge on any atom is -0.326 e. The van der Waals surface area contributed by atoms with E-state index in [1.807, 2.05) is 11.8 Å². The van der Waals surface area contributed by atoms with Gasteiger partial charge in [-0.1, -0.05) is 6.92 Å². The Kier molecular flexibility index (Phi) is 3.40. The normalized spacial score (nSPS) is 25.5. The van der Waals surface area contributed by atoms with Crippen molar-refractivity contribution in [3.63, 3.8) is 0 Å². The number of hydrogen-bond donors (Lipinski definition) is 1. The second-order valence-electron chi connectivity index (χ2n) is 4.32. The predicted molar refractivity (Wildman–Crippen MR) is 58.9 cm³/mol. The maximum atomic E-state index is 13.2. The highest BCUT2D eigenvalue weighted by molar-refractivity contribution is 5.25. The van der Waals surface area contributed by atoms with Gasteiger partial charge in [0.15, 0.2) is 17.5 Å². The molecular formula is C12H15F3N2. The zero-order valence-corrected chi connectivity index (χ0v) is 9.59. The summed E-state index contributed by atoms with van der Waals surface area (Å²) in [6.45, 7) is 3.50. The number of rotatable bonds is 2. The molecule has 0 aliphatic carbocycles. The van der Waals surface area contributed by atoms with Crippen LogP contribution in [0.15, 0.2) is 12.1 Å². The minimum atomic E-state index is -1.43. The second-order valence-corrected chi connectivity index (χ2v) is 4.32. The van der Waals surface area contributed by atoms with Gasteiger partial charge in [0.25, 0.3) is 0 Å². The van der Waals surface area contributed by atoms with E-state index in [0.717, 1.165) is 31.6 Å². The van der Waals surface area contributed by atoms with Gasteiger partial charge in [-0.3, -0.25) is 4.90 Å². The van der Waals surface area contributed by atoms with E-state index >= 15 is 0 Å². The smallest absolute Gasteiger partial charge is 0.194 e. The first-order chi connectivity index (χ1) is 8.04. The molecule has 17 heavy (non-hydrogen) atoms. The van der Waals surface area contributed by atoms with Crippen LogP contribution in [0.3, 0.4) is 0 Å². The summed E-state index contributed by atoms with van der Waals surface area (Å²) in [5.41, 5.74) is 6.35. The lowest BCUT2D eigenvalue weighted by molar-refractivity contribution is 0.259. The van der Waals surface area contributed by atoms with Gasteiger partial charge in [0.1, 0.15) is 0 Å². The van der Waals surface area contributed by atoms with Crippen LogP contribution in [-0.2, 0) is 0 Å². The van der Waals surface area contributed by atoms with E-state index in [1.165, 1.54) is 0 Å². The molecule has 0 unspecified atom stereocenters. The van der Waals surface area contributed by atoms with Crippen LogP contribution in [0.2, 0.25) is 0 Å². The zero-order chi connectivity index (χ0) is 12.6. The highest BCUT2D eigenvalue weighted by Crippen LogP contribution is 2.32. The summed E-state index contributed by atoms with van der Waals surface area (Å²) in [5, 5.41) is 0. The molecule has 0 spiro atoms. The van der Waals surface area contributed by atoms with Crippen molar-refractivity contribution in [2.75, 3.05) is 13.1 Å². The molecule has 1 aromatic rings. The van der Waals surface area contributed by atoms with Crippen LogP contribution in [-0.4, -0.2) is 24.0 Å². The first kappa shape index (κ1) is 12.4. The van der Waals surface area contributed by atoms with Gasteiger partial charge >= 0.3 is 0 Å². The lowest BCUT2D eigenvalue weighted by atomic mass is 10.0. The van der Waals surface area contributed by atoms with E-state index in [1.54, 1.807) is 0 Å². The molecule has 2 N–H and O–H groups in total. The van der Waals surface area contributed by atoms with Gasteiger partial charge in [0.2, 0.25) is 0 Å². The van der Waals surface area contributed by atoms with Crippen LogP contribution in [0.4, 0.5) is 13.2 Å². The summed E-state index contributed by atoms with van der Waals surface area (Å²) < 4.78 is 39.2. The number of likely N-dealkylation sites (N-methyl/N-ethyl adjacent to an activating group) is 1. The third-order valence-electron chi connectivity index (χ3n) is 3.30. The van der Waals surface area contributed by atoms with Crippen molar-refractivity contribution in [1.29, 1.82) is 0 Å². The largest absolute Gasteiger partial charge is 0.326 e. The quantitative estimate of drug-likeness (QED) is 0.808. The molecule has 2 rings (SSSR count). The maximum Gasteiger partial charge on any atom is 0.194 e. The van der Waals surface area contributed by atoms with Crippen molar-refractivity contribution in [1.82, 2.24) is 4.90 Å². The molecule has 1 aliphatic rings. The maximum absolute atomic E-state index is 13.2. The highest BCUT2D eigenvalue weighted by atomic mass is 19.2. The second kappa shape index (κ2) is 4.66. The Balaban J connectivity index is 2.39. The van der Waals surface area contributed by atoms with Crippen molar-refractivity contribution in [3.05, 3.63) is 35.1 Å². The van der Waals surface area contributed by atoms with Crippen molar-refractivity contribution in [2.45, 2.75) is 25.4 Å². The van der Waals surface area contributed by atoms with E-state index in [4.69, 9.17) is 5.73 Å². The summed E-state index contributed by atoms with van der Waals surface area (Å²) in [5.74, 6) is -3.74. The molecule has 0 radical (unpaired) electrons. The topological polar surface area (TPSA) is 29.3 Å². The monoisotopic (exact) mass is 244 g/mol. The van der Waals surface area contributed by atoms with Gasteiger partial charge in [-0.25, -0.2) is 13.2 Å². The van der Waals surface area contributed by atoms with Gasteiger partial charge in [0, 0.05) is 12.6 Å². The van der Waals surface area contributed by atoms with Gasteiger partial charge < -0.3 is 5.73 Å². The minimum absolute atomic E-state index is 0.167. The Morgan fingerprint density at radius 1 is 1.29 bits per heavy atom. The summed E-state index contributed by atoms with van der Waals surface area (Å²) in [6.07, 6.45) is 0.777. The molecular weight excluding hydrogens is 229 g/mol. The molecule has 0 bridgehead atoms. The number of benzene rings is 1. The third-order valence-corrected chi connectivity index (χ3v) is 3.30. The summed E-state index contributed by atoms with van der Waals surface area (Å²) >= 11 is 0. The summed E-state index contributed by atoms with van der Waals surface area (Å²) in [6, 6.07) is 1.68.